The summed E-state index contributed by atoms with van der Waals surface area (Å²) in [6.07, 6.45) is 3.14. The van der Waals surface area contributed by atoms with Gasteiger partial charge in [0.2, 0.25) is 0 Å². The Morgan fingerprint density at radius 3 is 2.76 bits per heavy atom. The van der Waals surface area contributed by atoms with Gasteiger partial charge >= 0.3 is 0 Å². The van der Waals surface area contributed by atoms with E-state index in [-0.39, 0.29) is 0 Å². The number of nitriles is 1. The van der Waals surface area contributed by atoms with Crippen LogP contribution in [0.3, 0.4) is 0 Å². The first-order chi connectivity index (χ1) is 7.91. The van der Waals surface area contributed by atoms with Crippen LogP contribution in [-0.2, 0) is 12.8 Å². The molecule has 3 heteroatoms. The molecule has 0 aromatic carbocycles. The highest BCUT2D eigenvalue weighted by molar-refractivity contribution is 6.30. The van der Waals surface area contributed by atoms with Crippen molar-refractivity contribution in [1.29, 1.82) is 5.26 Å². The molecular weight excluding hydrogens is 232 g/mol. The van der Waals surface area contributed by atoms with Crippen molar-refractivity contribution in [3.8, 4) is 6.07 Å². The number of halogens is 1. The molecule has 0 N–H and O–H groups in total. The molecule has 1 aliphatic carbocycles. The minimum Gasteiger partial charge on any atom is -0.239 e. The second-order valence-corrected chi connectivity index (χ2v) is 6.21. The zero-order valence-electron chi connectivity index (χ0n) is 10.5. The van der Waals surface area contributed by atoms with Gasteiger partial charge in [-0.05, 0) is 42.2 Å². The van der Waals surface area contributed by atoms with Gasteiger partial charge in [0.15, 0.2) is 0 Å². The summed E-state index contributed by atoms with van der Waals surface area (Å²) in [5.74, 6) is 0.657. The molecule has 0 amide bonds. The highest BCUT2D eigenvalue weighted by Crippen LogP contribution is 2.37. The smallest absolute Gasteiger partial charge is 0.147 e. The lowest BCUT2D eigenvalue weighted by molar-refractivity contribution is 0.215. The Hall–Kier alpha value is -1.07. The Balaban J connectivity index is 2.35. The van der Waals surface area contributed by atoms with Crippen LogP contribution in [0, 0.1) is 22.7 Å². The molecule has 2 rings (SSSR count). The van der Waals surface area contributed by atoms with E-state index in [9.17, 15) is 0 Å². The molecule has 0 fully saturated rings. The molecule has 0 bridgehead atoms. The van der Waals surface area contributed by atoms with Gasteiger partial charge < -0.3 is 0 Å². The summed E-state index contributed by atoms with van der Waals surface area (Å²) >= 11 is 5.95. The molecule has 1 unspecified atom stereocenters. The maximum Gasteiger partial charge on any atom is 0.147 e. The van der Waals surface area contributed by atoms with Crippen molar-refractivity contribution in [1.82, 2.24) is 4.98 Å². The van der Waals surface area contributed by atoms with Crippen molar-refractivity contribution in [2.24, 2.45) is 11.3 Å². The lowest BCUT2D eigenvalue weighted by Crippen LogP contribution is -2.27. The van der Waals surface area contributed by atoms with Gasteiger partial charge in [-0.15, -0.1) is 0 Å². The first-order valence-electron chi connectivity index (χ1n) is 6.00. The Morgan fingerprint density at radius 1 is 1.47 bits per heavy atom. The topological polar surface area (TPSA) is 36.7 Å². The second-order valence-electron chi connectivity index (χ2n) is 5.85. The molecule has 1 aliphatic rings. The molecule has 90 valence electrons. The fraction of sp³-hybridized carbons (Fsp3) is 0.571. The summed E-state index contributed by atoms with van der Waals surface area (Å²) in [6, 6.07) is 4.02. The summed E-state index contributed by atoms with van der Waals surface area (Å²) in [4.78, 5) is 4.34. The minimum absolute atomic E-state index is 0.310. The molecular formula is C14H17ClN2. The average molecular weight is 249 g/mol. The Bertz CT molecular complexity index is 480. The third kappa shape index (κ3) is 2.45. The third-order valence-corrected chi connectivity index (χ3v) is 3.97. The zero-order valence-corrected chi connectivity index (χ0v) is 11.3. The molecule has 0 saturated carbocycles. The summed E-state index contributed by atoms with van der Waals surface area (Å²) in [7, 11) is 0. The van der Waals surface area contributed by atoms with Crippen molar-refractivity contribution in [3.05, 3.63) is 28.0 Å². The molecule has 0 radical (unpaired) electrons. The summed E-state index contributed by atoms with van der Waals surface area (Å²) in [6.45, 7) is 6.83. The van der Waals surface area contributed by atoms with Crippen LogP contribution in [0.5, 0.6) is 0 Å². The van der Waals surface area contributed by atoms with E-state index in [4.69, 9.17) is 16.9 Å². The number of pyridine rings is 1. The second kappa shape index (κ2) is 4.31. The molecule has 0 saturated heterocycles. The molecule has 1 aromatic rings. The number of hydrogen-bond acceptors (Lipinski definition) is 2. The van der Waals surface area contributed by atoms with Crippen LogP contribution >= 0.6 is 11.6 Å². The Morgan fingerprint density at radius 2 is 2.18 bits per heavy atom. The highest BCUT2D eigenvalue weighted by atomic mass is 35.5. The third-order valence-electron chi connectivity index (χ3n) is 3.69. The average Bonchev–Trinajstić information content (AvgIpc) is 2.26. The predicted molar refractivity (Wildman–Crippen MR) is 68.9 cm³/mol. The first-order valence-corrected chi connectivity index (χ1v) is 6.38. The predicted octanol–water partition coefficient (Wildman–Crippen LogP) is 3.76. The molecule has 1 aromatic heterocycles. The van der Waals surface area contributed by atoms with E-state index >= 15 is 0 Å². The van der Waals surface area contributed by atoms with Gasteiger partial charge in [0, 0.05) is 5.69 Å². The van der Waals surface area contributed by atoms with Gasteiger partial charge in [0.05, 0.1) is 5.56 Å². The van der Waals surface area contributed by atoms with Crippen LogP contribution < -0.4 is 0 Å². The van der Waals surface area contributed by atoms with Crippen LogP contribution in [0.1, 0.15) is 44.0 Å². The Labute approximate surface area is 108 Å². The fourth-order valence-corrected chi connectivity index (χ4v) is 2.66. The number of aromatic nitrogens is 1. The summed E-state index contributed by atoms with van der Waals surface area (Å²) < 4.78 is 0. The van der Waals surface area contributed by atoms with Crippen LogP contribution in [0.15, 0.2) is 6.07 Å². The number of nitrogens with zero attached hydrogens (tertiary/aromatic N) is 2. The minimum atomic E-state index is 0.310. The van der Waals surface area contributed by atoms with Crippen molar-refractivity contribution < 1.29 is 0 Å². The number of rotatable bonds is 0. The molecule has 0 spiro atoms. The SMILES string of the molecule is CC(C)(C)C1CCc2nc(Cl)c(C#N)cc2C1. The van der Waals surface area contributed by atoms with Crippen molar-refractivity contribution in [3.63, 3.8) is 0 Å². The maximum absolute atomic E-state index is 8.97. The normalized spacial score (nSPS) is 19.6. The van der Waals surface area contributed by atoms with E-state index in [2.05, 4.69) is 31.8 Å². The van der Waals surface area contributed by atoms with Crippen molar-refractivity contribution >= 4 is 11.6 Å². The standard InChI is InChI=1S/C14H17ClN2/c1-14(2,3)11-4-5-12-9(7-11)6-10(8-16)13(15)17-12/h6,11H,4-5,7H2,1-3H3. The fourth-order valence-electron chi connectivity index (χ4n) is 2.46. The van der Waals surface area contributed by atoms with Gasteiger partial charge in [-0.1, -0.05) is 32.4 Å². The number of fused-ring (bicyclic) bond motifs is 1. The monoisotopic (exact) mass is 248 g/mol. The molecule has 1 atom stereocenters. The van der Waals surface area contributed by atoms with E-state index in [1.165, 1.54) is 5.56 Å². The summed E-state index contributed by atoms with van der Waals surface area (Å²) in [5.41, 5.74) is 3.09. The molecule has 17 heavy (non-hydrogen) atoms. The van der Waals surface area contributed by atoms with Crippen LogP contribution in [0.2, 0.25) is 5.15 Å². The molecule has 2 nitrogen and oxygen atoms in total. The zero-order chi connectivity index (χ0) is 12.6. The summed E-state index contributed by atoms with van der Waals surface area (Å²) in [5, 5.41) is 9.32. The van der Waals surface area contributed by atoms with Crippen LogP contribution in [0.25, 0.3) is 0 Å². The quantitative estimate of drug-likeness (QED) is 0.656. The van der Waals surface area contributed by atoms with E-state index in [0.29, 0.717) is 22.0 Å². The first kappa shape index (κ1) is 12.4. The molecule has 0 aliphatic heterocycles. The number of hydrogen-bond donors (Lipinski definition) is 0. The van der Waals surface area contributed by atoms with Gasteiger partial charge in [0.25, 0.3) is 0 Å². The van der Waals surface area contributed by atoms with Gasteiger partial charge in [-0.25, -0.2) is 4.98 Å². The Kier molecular flexibility index (Phi) is 3.14. The largest absolute Gasteiger partial charge is 0.239 e. The van der Waals surface area contributed by atoms with E-state index < -0.39 is 0 Å². The molecule has 1 heterocycles. The van der Waals surface area contributed by atoms with Crippen LogP contribution in [0.4, 0.5) is 0 Å². The highest BCUT2D eigenvalue weighted by Gasteiger charge is 2.29. The van der Waals surface area contributed by atoms with E-state index in [0.717, 1.165) is 25.0 Å². The van der Waals surface area contributed by atoms with E-state index in [1.54, 1.807) is 0 Å². The lowest BCUT2D eigenvalue weighted by Gasteiger charge is -2.34. The van der Waals surface area contributed by atoms with Crippen molar-refractivity contribution in [2.45, 2.75) is 40.0 Å². The van der Waals surface area contributed by atoms with Crippen molar-refractivity contribution in [2.75, 3.05) is 0 Å². The van der Waals surface area contributed by atoms with Gasteiger partial charge in [0.1, 0.15) is 11.2 Å². The lowest BCUT2D eigenvalue weighted by atomic mass is 9.71. The van der Waals surface area contributed by atoms with Gasteiger partial charge in [-0.2, -0.15) is 5.26 Å². The number of aryl methyl sites for hydroxylation is 1. The van der Waals surface area contributed by atoms with Gasteiger partial charge in [-0.3, -0.25) is 0 Å². The van der Waals surface area contributed by atoms with Crippen LogP contribution in [-0.4, -0.2) is 4.98 Å². The van der Waals surface area contributed by atoms with E-state index in [1.807, 2.05) is 6.07 Å². The maximum atomic E-state index is 8.97.